The second-order valence-electron chi connectivity index (χ2n) is 15.9. The summed E-state index contributed by atoms with van der Waals surface area (Å²) in [6.07, 6.45) is 0. The Kier molecular flexibility index (Phi) is 9.41. The minimum absolute atomic E-state index is 0.506. The SMILES string of the molecule is N#Cc1ccc(-c2nc(-c3ccccc3)nc(-c3cccc(-c4ccc(-c5cc6c(cc5-c5ccccc5)-c5ccccc5C6(c5ccccc5)c5ccccc5)cc4)c3)n2)cc1. The molecule has 0 aliphatic heterocycles. The van der Waals surface area contributed by atoms with E-state index < -0.39 is 5.41 Å². The molecule has 1 aromatic heterocycles. The van der Waals surface area contributed by atoms with Crippen LogP contribution in [0.1, 0.15) is 27.8 Å². The summed E-state index contributed by atoms with van der Waals surface area (Å²) in [5.41, 5.74) is 17.1. The molecule has 0 unspecified atom stereocenters. The van der Waals surface area contributed by atoms with Crippen molar-refractivity contribution in [3.63, 3.8) is 0 Å². The average Bonchev–Trinajstić information content (AvgIpc) is 3.67. The molecule has 9 aromatic carbocycles. The third-order valence-electron chi connectivity index (χ3n) is 12.3. The van der Waals surface area contributed by atoms with Gasteiger partial charge in [0.2, 0.25) is 0 Å². The molecule has 0 amide bonds. The third-order valence-corrected chi connectivity index (χ3v) is 12.3. The molecule has 4 nitrogen and oxygen atoms in total. The van der Waals surface area contributed by atoms with Crippen LogP contribution in [0, 0.1) is 11.3 Å². The maximum absolute atomic E-state index is 9.41. The molecule has 0 radical (unpaired) electrons. The van der Waals surface area contributed by atoms with Crippen LogP contribution >= 0.6 is 0 Å². The van der Waals surface area contributed by atoms with Crippen LogP contribution in [-0.4, -0.2) is 15.0 Å². The largest absolute Gasteiger partial charge is 0.208 e. The van der Waals surface area contributed by atoms with Crippen LogP contribution in [0.2, 0.25) is 0 Å². The monoisotopic (exact) mass is 802 g/mol. The van der Waals surface area contributed by atoms with Crippen molar-refractivity contribution < 1.29 is 0 Å². The normalized spacial score (nSPS) is 12.2. The van der Waals surface area contributed by atoms with Crippen molar-refractivity contribution in [3.8, 4) is 84.7 Å². The molecule has 10 aromatic rings. The van der Waals surface area contributed by atoms with E-state index in [4.69, 9.17) is 15.0 Å². The van der Waals surface area contributed by atoms with Gasteiger partial charge >= 0.3 is 0 Å². The molecule has 1 aliphatic carbocycles. The molecule has 0 spiro atoms. The Balaban J connectivity index is 1.04. The Morgan fingerprint density at radius 3 is 1.37 bits per heavy atom. The lowest BCUT2D eigenvalue weighted by Crippen LogP contribution is -2.28. The van der Waals surface area contributed by atoms with Gasteiger partial charge in [0, 0.05) is 16.7 Å². The van der Waals surface area contributed by atoms with E-state index in [1.54, 1.807) is 12.1 Å². The first-order valence-corrected chi connectivity index (χ1v) is 21.2. The highest BCUT2D eigenvalue weighted by Crippen LogP contribution is 2.58. The van der Waals surface area contributed by atoms with Gasteiger partial charge in [-0.25, -0.2) is 15.0 Å². The maximum atomic E-state index is 9.41. The standard InChI is InChI=1S/C59H38N4/c60-39-40-28-30-45(31-29-40)57-61-56(44-18-7-2-8-19-44)62-58(63-57)47-21-15-20-46(36-47)41-32-34-43(35-33-41)52-38-55-53(37-51(52)42-16-5-1-6-17-42)50-26-13-14-27-54(50)59(55,48-22-9-3-10-23-48)49-24-11-4-12-25-49/h1-38H. The molecule has 0 bridgehead atoms. The number of fused-ring (bicyclic) bond motifs is 3. The molecule has 1 heterocycles. The molecule has 63 heavy (non-hydrogen) atoms. The lowest BCUT2D eigenvalue weighted by Gasteiger charge is -2.34. The van der Waals surface area contributed by atoms with E-state index in [2.05, 4.69) is 176 Å². The van der Waals surface area contributed by atoms with Crippen molar-refractivity contribution in [2.24, 2.45) is 0 Å². The Morgan fingerprint density at radius 2 is 0.746 bits per heavy atom. The van der Waals surface area contributed by atoms with Gasteiger partial charge in [-0.05, 0) is 109 Å². The van der Waals surface area contributed by atoms with Crippen molar-refractivity contribution in [3.05, 3.63) is 258 Å². The van der Waals surface area contributed by atoms with Crippen LogP contribution in [0.4, 0.5) is 0 Å². The summed E-state index contributed by atoms with van der Waals surface area (Å²) in [6.45, 7) is 0. The first kappa shape index (κ1) is 37.5. The highest BCUT2D eigenvalue weighted by Gasteiger charge is 2.46. The van der Waals surface area contributed by atoms with Gasteiger partial charge in [0.15, 0.2) is 17.5 Å². The molecule has 294 valence electrons. The molecule has 0 N–H and O–H groups in total. The maximum Gasteiger partial charge on any atom is 0.164 e. The molecule has 0 saturated heterocycles. The first-order chi connectivity index (χ1) is 31.2. The quantitative estimate of drug-likeness (QED) is 0.153. The first-order valence-electron chi connectivity index (χ1n) is 21.2. The van der Waals surface area contributed by atoms with Gasteiger partial charge in [-0.15, -0.1) is 0 Å². The van der Waals surface area contributed by atoms with E-state index in [-0.39, 0.29) is 0 Å². The average molecular weight is 803 g/mol. The van der Waals surface area contributed by atoms with E-state index in [1.807, 2.05) is 48.5 Å². The fourth-order valence-electron chi connectivity index (χ4n) is 9.31. The lowest BCUT2D eigenvalue weighted by molar-refractivity contribution is 0.769. The van der Waals surface area contributed by atoms with Crippen LogP contribution in [-0.2, 0) is 5.41 Å². The Hall–Kier alpha value is -8.52. The second-order valence-corrected chi connectivity index (χ2v) is 15.9. The van der Waals surface area contributed by atoms with Crippen LogP contribution in [0.3, 0.4) is 0 Å². The topological polar surface area (TPSA) is 62.5 Å². The number of benzene rings is 9. The Labute approximate surface area is 367 Å². The van der Waals surface area contributed by atoms with Gasteiger partial charge < -0.3 is 0 Å². The summed E-state index contributed by atoms with van der Waals surface area (Å²) < 4.78 is 0. The Morgan fingerprint density at radius 1 is 0.302 bits per heavy atom. The van der Waals surface area contributed by atoms with E-state index in [0.29, 0.717) is 23.0 Å². The van der Waals surface area contributed by atoms with Gasteiger partial charge in [0.1, 0.15) is 0 Å². The third kappa shape index (κ3) is 6.61. The zero-order valence-electron chi connectivity index (χ0n) is 34.2. The number of rotatable bonds is 8. The summed E-state index contributed by atoms with van der Waals surface area (Å²) in [7, 11) is 0. The smallest absolute Gasteiger partial charge is 0.164 e. The van der Waals surface area contributed by atoms with Gasteiger partial charge in [0.05, 0.1) is 17.0 Å². The van der Waals surface area contributed by atoms with Crippen LogP contribution in [0.15, 0.2) is 231 Å². The van der Waals surface area contributed by atoms with Gasteiger partial charge in [0.25, 0.3) is 0 Å². The zero-order valence-corrected chi connectivity index (χ0v) is 34.2. The van der Waals surface area contributed by atoms with E-state index in [1.165, 1.54) is 50.1 Å². The van der Waals surface area contributed by atoms with Crippen molar-refractivity contribution in [2.75, 3.05) is 0 Å². The number of hydrogen-bond acceptors (Lipinski definition) is 4. The van der Waals surface area contributed by atoms with E-state index in [9.17, 15) is 5.26 Å². The number of hydrogen-bond donors (Lipinski definition) is 0. The van der Waals surface area contributed by atoms with Crippen LogP contribution in [0.5, 0.6) is 0 Å². The van der Waals surface area contributed by atoms with Gasteiger partial charge in [-0.1, -0.05) is 188 Å². The van der Waals surface area contributed by atoms with Gasteiger partial charge in [-0.3, -0.25) is 0 Å². The number of nitriles is 1. The lowest BCUT2D eigenvalue weighted by atomic mass is 9.67. The highest BCUT2D eigenvalue weighted by atomic mass is 15.0. The van der Waals surface area contributed by atoms with Crippen molar-refractivity contribution in [1.29, 1.82) is 5.26 Å². The van der Waals surface area contributed by atoms with Crippen molar-refractivity contribution >= 4 is 0 Å². The van der Waals surface area contributed by atoms with E-state index in [0.717, 1.165) is 33.4 Å². The Bertz CT molecular complexity index is 3260. The summed E-state index contributed by atoms with van der Waals surface area (Å²) in [5, 5.41) is 9.41. The van der Waals surface area contributed by atoms with Crippen molar-refractivity contribution in [2.45, 2.75) is 5.41 Å². The fourth-order valence-corrected chi connectivity index (χ4v) is 9.31. The molecule has 11 rings (SSSR count). The minimum atomic E-state index is -0.506. The van der Waals surface area contributed by atoms with Gasteiger partial charge in [-0.2, -0.15) is 5.26 Å². The molecular formula is C59H38N4. The van der Waals surface area contributed by atoms with Crippen LogP contribution in [0.25, 0.3) is 78.7 Å². The summed E-state index contributed by atoms with van der Waals surface area (Å²) in [6, 6.07) is 83.4. The predicted molar refractivity (Wildman–Crippen MR) is 254 cm³/mol. The molecule has 1 aliphatic rings. The molecule has 0 saturated carbocycles. The summed E-state index contributed by atoms with van der Waals surface area (Å²) in [5.74, 6) is 1.71. The van der Waals surface area contributed by atoms with Crippen molar-refractivity contribution in [1.82, 2.24) is 15.0 Å². The molecule has 0 fully saturated rings. The zero-order chi connectivity index (χ0) is 42.2. The van der Waals surface area contributed by atoms with E-state index >= 15 is 0 Å². The summed E-state index contributed by atoms with van der Waals surface area (Å²) >= 11 is 0. The highest BCUT2D eigenvalue weighted by molar-refractivity contribution is 5.95. The molecule has 0 atom stereocenters. The minimum Gasteiger partial charge on any atom is -0.208 e. The fraction of sp³-hybridized carbons (Fsp3) is 0.0169. The summed E-state index contributed by atoms with van der Waals surface area (Å²) in [4.78, 5) is 14.8. The number of aromatic nitrogens is 3. The predicted octanol–water partition coefficient (Wildman–Crippen LogP) is 14.1. The molecular weight excluding hydrogens is 765 g/mol. The second kappa shape index (κ2) is 15.8. The number of nitrogens with zero attached hydrogens (tertiary/aromatic N) is 4. The molecule has 4 heteroatoms. The van der Waals surface area contributed by atoms with Crippen LogP contribution < -0.4 is 0 Å².